The van der Waals surface area contributed by atoms with Gasteiger partial charge in [0, 0.05) is 34.9 Å². The number of ether oxygens (including phenoxy) is 1. The van der Waals surface area contributed by atoms with E-state index in [9.17, 15) is 18.4 Å². The van der Waals surface area contributed by atoms with Crippen molar-refractivity contribution < 1.29 is 18.3 Å². The van der Waals surface area contributed by atoms with Gasteiger partial charge >= 0.3 is 0 Å². The lowest BCUT2D eigenvalue weighted by Gasteiger charge is -2.13. The van der Waals surface area contributed by atoms with Crippen LogP contribution in [0.25, 0.3) is 22.0 Å². The summed E-state index contributed by atoms with van der Waals surface area (Å²) in [5.74, 6) is -1.94. The van der Waals surface area contributed by atoms with Crippen LogP contribution in [0.15, 0.2) is 47.3 Å². The smallest absolute Gasteiger partial charge is 0.267 e. The molecular formula is C24H22F2N4O3. The van der Waals surface area contributed by atoms with Crippen LogP contribution >= 0.6 is 0 Å². The summed E-state index contributed by atoms with van der Waals surface area (Å²) in [4.78, 5) is 31.0. The third-order valence-electron chi connectivity index (χ3n) is 5.16. The minimum atomic E-state index is -0.864. The lowest BCUT2D eigenvalue weighted by Crippen LogP contribution is -2.27. The third kappa shape index (κ3) is 4.30. The van der Waals surface area contributed by atoms with Crippen LogP contribution in [0, 0.1) is 18.6 Å². The summed E-state index contributed by atoms with van der Waals surface area (Å²) >= 11 is 0. The summed E-state index contributed by atoms with van der Waals surface area (Å²) in [7, 11) is 0. The Morgan fingerprint density at radius 3 is 2.58 bits per heavy atom. The van der Waals surface area contributed by atoms with Crippen molar-refractivity contribution in [2.75, 3.05) is 12.3 Å². The number of aromatic amines is 2. The summed E-state index contributed by atoms with van der Waals surface area (Å²) in [6, 6.07) is 9.31. The van der Waals surface area contributed by atoms with Crippen molar-refractivity contribution in [1.29, 1.82) is 0 Å². The molecule has 9 heteroatoms. The minimum absolute atomic E-state index is 0.108. The SMILES string of the molecule is CCCNC(=O)c1cc2c(-c3cc(N)ccc3Oc3ccc(F)cc3F)[nH]c(C)c2c(=O)[nH]1. The second kappa shape index (κ2) is 8.78. The molecule has 170 valence electrons. The maximum absolute atomic E-state index is 14.2. The van der Waals surface area contributed by atoms with Crippen LogP contribution in [0.5, 0.6) is 11.5 Å². The van der Waals surface area contributed by atoms with Crippen molar-refractivity contribution >= 4 is 22.4 Å². The van der Waals surface area contributed by atoms with Gasteiger partial charge in [-0.25, -0.2) is 8.78 Å². The molecule has 0 aliphatic rings. The summed E-state index contributed by atoms with van der Waals surface area (Å²) < 4.78 is 33.3. The van der Waals surface area contributed by atoms with E-state index in [-0.39, 0.29) is 17.2 Å². The first kappa shape index (κ1) is 22.1. The molecule has 0 radical (unpaired) electrons. The van der Waals surface area contributed by atoms with Gasteiger partial charge in [-0.1, -0.05) is 6.92 Å². The highest BCUT2D eigenvalue weighted by Crippen LogP contribution is 2.39. The number of anilines is 1. The number of H-pyrrole nitrogens is 2. The van der Waals surface area contributed by atoms with E-state index in [2.05, 4.69) is 15.3 Å². The van der Waals surface area contributed by atoms with Crippen LogP contribution in [0.4, 0.5) is 14.5 Å². The fraction of sp³-hybridized carbons (Fsp3) is 0.167. The molecule has 0 aliphatic carbocycles. The highest BCUT2D eigenvalue weighted by Gasteiger charge is 2.20. The van der Waals surface area contributed by atoms with E-state index < -0.39 is 23.1 Å². The molecule has 0 spiro atoms. The first-order valence-electron chi connectivity index (χ1n) is 10.3. The molecule has 0 saturated heterocycles. The summed E-state index contributed by atoms with van der Waals surface area (Å²) in [5, 5.41) is 3.59. The van der Waals surface area contributed by atoms with Crippen molar-refractivity contribution in [3.05, 3.63) is 75.8 Å². The molecule has 33 heavy (non-hydrogen) atoms. The van der Waals surface area contributed by atoms with Gasteiger partial charge in [0.2, 0.25) is 0 Å². The average molecular weight is 452 g/mol. The predicted octanol–water partition coefficient (Wildman–Crippen LogP) is 4.62. The molecule has 5 N–H and O–H groups in total. The molecule has 0 aliphatic heterocycles. The number of rotatable bonds is 6. The number of aryl methyl sites for hydroxylation is 1. The number of nitrogens with one attached hydrogen (secondary N) is 3. The minimum Gasteiger partial charge on any atom is -0.454 e. The molecule has 4 aromatic rings. The highest BCUT2D eigenvalue weighted by molar-refractivity contribution is 6.03. The second-order valence-corrected chi connectivity index (χ2v) is 7.61. The molecule has 0 fully saturated rings. The van der Waals surface area contributed by atoms with Crippen molar-refractivity contribution in [2.45, 2.75) is 20.3 Å². The summed E-state index contributed by atoms with van der Waals surface area (Å²) in [6.07, 6.45) is 0.747. The Labute approximate surface area is 187 Å². The molecule has 2 aromatic heterocycles. The molecule has 0 saturated carbocycles. The van der Waals surface area contributed by atoms with E-state index >= 15 is 0 Å². The van der Waals surface area contributed by atoms with Crippen molar-refractivity contribution in [3.8, 4) is 22.8 Å². The summed E-state index contributed by atoms with van der Waals surface area (Å²) in [6.45, 7) is 4.11. The van der Waals surface area contributed by atoms with Gasteiger partial charge in [0.1, 0.15) is 17.3 Å². The largest absolute Gasteiger partial charge is 0.454 e. The van der Waals surface area contributed by atoms with E-state index in [1.807, 2.05) is 6.92 Å². The molecule has 4 rings (SSSR count). The monoisotopic (exact) mass is 452 g/mol. The normalized spacial score (nSPS) is 11.0. The number of fused-ring (bicyclic) bond motifs is 1. The molecule has 0 bridgehead atoms. The van der Waals surface area contributed by atoms with E-state index in [4.69, 9.17) is 10.5 Å². The Morgan fingerprint density at radius 2 is 1.85 bits per heavy atom. The number of halogens is 2. The fourth-order valence-corrected chi connectivity index (χ4v) is 3.62. The Bertz CT molecular complexity index is 1430. The number of hydrogen-bond donors (Lipinski definition) is 4. The number of aromatic nitrogens is 2. The number of nitrogens with two attached hydrogens (primary N) is 1. The van der Waals surface area contributed by atoms with Gasteiger partial charge in [-0.05, 0) is 49.7 Å². The second-order valence-electron chi connectivity index (χ2n) is 7.61. The number of pyridine rings is 1. The molecular weight excluding hydrogens is 430 g/mol. The number of hydrogen-bond acceptors (Lipinski definition) is 4. The Kier molecular flexibility index (Phi) is 5.87. The number of carbonyl (C=O) groups excluding carboxylic acids is 1. The third-order valence-corrected chi connectivity index (χ3v) is 5.16. The van der Waals surface area contributed by atoms with Crippen LogP contribution < -0.4 is 21.3 Å². The van der Waals surface area contributed by atoms with E-state index in [0.717, 1.165) is 18.6 Å². The molecule has 1 amide bonds. The van der Waals surface area contributed by atoms with Gasteiger partial charge in [0.25, 0.3) is 11.5 Å². The number of amides is 1. The topological polar surface area (TPSA) is 113 Å². The Balaban J connectivity index is 1.88. The van der Waals surface area contributed by atoms with Gasteiger partial charge in [-0.3, -0.25) is 9.59 Å². The number of benzene rings is 2. The molecule has 0 unspecified atom stereocenters. The van der Waals surface area contributed by atoms with Gasteiger partial charge in [0.15, 0.2) is 11.6 Å². The molecule has 2 heterocycles. The van der Waals surface area contributed by atoms with E-state index in [1.54, 1.807) is 31.2 Å². The summed E-state index contributed by atoms with van der Waals surface area (Å²) in [5.41, 5.74) is 7.58. The van der Waals surface area contributed by atoms with Crippen LogP contribution in [-0.2, 0) is 0 Å². The standard InChI is InChI=1S/C24H22F2N4O3/c1-3-8-28-23(31)18-11-16-21(24(32)30-18)12(2)29-22(16)15-10-14(27)5-7-19(15)33-20-6-4-13(25)9-17(20)26/h4-7,9-11,29H,3,8,27H2,1-2H3,(H,28,31)(H,30,32). The number of nitrogen functional groups attached to an aromatic ring is 1. The maximum atomic E-state index is 14.2. The van der Waals surface area contributed by atoms with Gasteiger partial charge in [-0.15, -0.1) is 0 Å². The maximum Gasteiger partial charge on any atom is 0.267 e. The van der Waals surface area contributed by atoms with Gasteiger partial charge in [0.05, 0.1) is 11.1 Å². The fourth-order valence-electron chi connectivity index (χ4n) is 3.62. The van der Waals surface area contributed by atoms with Gasteiger partial charge in [-0.2, -0.15) is 0 Å². The van der Waals surface area contributed by atoms with E-state index in [0.29, 0.717) is 40.0 Å². The van der Waals surface area contributed by atoms with E-state index in [1.165, 1.54) is 6.07 Å². The quantitative estimate of drug-likeness (QED) is 0.320. The average Bonchev–Trinajstić information content (AvgIpc) is 3.11. The zero-order valence-electron chi connectivity index (χ0n) is 18.0. The van der Waals surface area contributed by atoms with Crippen molar-refractivity contribution in [3.63, 3.8) is 0 Å². The lowest BCUT2D eigenvalue weighted by molar-refractivity contribution is 0.0948. The zero-order chi connectivity index (χ0) is 23.7. The number of carbonyl (C=O) groups is 1. The van der Waals surface area contributed by atoms with Crippen LogP contribution in [-0.4, -0.2) is 22.4 Å². The van der Waals surface area contributed by atoms with Crippen molar-refractivity contribution in [1.82, 2.24) is 15.3 Å². The van der Waals surface area contributed by atoms with Crippen molar-refractivity contribution in [2.24, 2.45) is 0 Å². The predicted molar refractivity (Wildman–Crippen MR) is 123 cm³/mol. The molecule has 2 aromatic carbocycles. The van der Waals surface area contributed by atoms with Gasteiger partial charge < -0.3 is 25.8 Å². The van der Waals surface area contributed by atoms with Crippen LogP contribution in [0.3, 0.4) is 0 Å². The first-order valence-corrected chi connectivity index (χ1v) is 10.3. The first-order chi connectivity index (χ1) is 15.8. The van der Waals surface area contributed by atoms with Crippen LogP contribution in [0.2, 0.25) is 0 Å². The lowest BCUT2D eigenvalue weighted by atomic mass is 10.0. The zero-order valence-corrected chi connectivity index (χ0v) is 18.0. The Morgan fingerprint density at radius 1 is 1.09 bits per heavy atom. The highest BCUT2D eigenvalue weighted by atomic mass is 19.1. The molecule has 0 atom stereocenters. The Hall–Kier alpha value is -4.14. The van der Waals surface area contributed by atoms with Crippen LogP contribution in [0.1, 0.15) is 29.5 Å². The molecule has 7 nitrogen and oxygen atoms in total.